The molecule has 2 unspecified atom stereocenters. The van der Waals surface area contributed by atoms with Crippen molar-refractivity contribution in [3.63, 3.8) is 0 Å². The second-order valence-corrected chi connectivity index (χ2v) is 8.52. The molecule has 0 aliphatic heterocycles. The van der Waals surface area contributed by atoms with Crippen LogP contribution in [0.1, 0.15) is 18.1 Å². The van der Waals surface area contributed by atoms with Gasteiger partial charge in [-0.15, -0.1) is 9.24 Å². The van der Waals surface area contributed by atoms with Crippen LogP contribution in [0.4, 0.5) is 0 Å². The molecule has 0 aliphatic carbocycles. The molecule has 22 heavy (non-hydrogen) atoms. The first kappa shape index (κ1) is 15.4. The molecule has 3 aromatic rings. The molecule has 0 fully saturated rings. The minimum absolute atomic E-state index is 0.418. The Balaban J connectivity index is 2.08. The van der Waals surface area contributed by atoms with Crippen molar-refractivity contribution >= 4 is 33.1 Å². The average Bonchev–Trinajstić information content (AvgIpc) is 2.57. The Labute approximate surface area is 136 Å². The topological polar surface area (TPSA) is 0 Å². The van der Waals surface area contributed by atoms with Crippen LogP contribution in [0.25, 0.3) is 0 Å². The van der Waals surface area contributed by atoms with Crippen molar-refractivity contribution in [1.29, 1.82) is 0 Å². The molecule has 0 saturated heterocycles. The maximum Gasteiger partial charge on any atom is 0.00998 e. The quantitative estimate of drug-likeness (QED) is 0.625. The summed E-state index contributed by atoms with van der Waals surface area (Å²) in [7, 11) is 2.47. The van der Waals surface area contributed by atoms with E-state index >= 15 is 0 Å². The first-order chi connectivity index (χ1) is 10.8. The van der Waals surface area contributed by atoms with Gasteiger partial charge in [-0.05, 0) is 29.4 Å². The van der Waals surface area contributed by atoms with Crippen molar-refractivity contribution in [3.05, 3.63) is 90.5 Å². The van der Waals surface area contributed by atoms with Crippen LogP contribution in [-0.4, -0.2) is 0 Å². The van der Waals surface area contributed by atoms with Gasteiger partial charge in [-0.2, -0.15) is 0 Å². The van der Waals surface area contributed by atoms with E-state index in [2.05, 4.69) is 101 Å². The smallest absolute Gasteiger partial charge is 0.00998 e. The molecular formula is C20H20P2. The summed E-state index contributed by atoms with van der Waals surface area (Å²) in [5.74, 6) is 0. The van der Waals surface area contributed by atoms with Gasteiger partial charge in [-0.3, -0.25) is 0 Å². The average molecular weight is 322 g/mol. The van der Waals surface area contributed by atoms with Gasteiger partial charge in [0, 0.05) is 5.66 Å². The minimum Gasteiger partial charge on any atom is -0.105 e. The fraction of sp³-hybridized carbons (Fsp3) is 0.100. The van der Waals surface area contributed by atoms with Crippen LogP contribution in [0, 0.1) is 0 Å². The molecule has 0 radical (unpaired) electrons. The lowest BCUT2D eigenvalue weighted by atomic mass is 10.2. The molecule has 0 bridgehead atoms. The standard InChI is InChI=1S/C20H20P2/c1-16(19-14-8-9-15-20(19)21)22(17-10-4-2-5-11-17)18-12-6-3-7-13-18/h2-16H,21H2,1H3. The van der Waals surface area contributed by atoms with Crippen molar-refractivity contribution < 1.29 is 0 Å². The summed E-state index contributed by atoms with van der Waals surface area (Å²) < 4.78 is 0. The molecule has 2 atom stereocenters. The zero-order valence-corrected chi connectivity index (χ0v) is 14.7. The van der Waals surface area contributed by atoms with E-state index in [-0.39, 0.29) is 0 Å². The van der Waals surface area contributed by atoms with Crippen molar-refractivity contribution in [3.8, 4) is 0 Å². The zero-order valence-electron chi connectivity index (χ0n) is 12.7. The Morgan fingerprint density at radius 3 is 1.64 bits per heavy atom. The minimum atomic E-state index is -0.418. The van der Waals surface area contributed by atoms with Gasteiger partial charge in [0.2, 0.25) is 0 Å². The van der Waals surface area contributed by atoms with Crippen LogP contribution < -0.4 is 15.9 Å². The molecule has 2 heteroatoms. The van der Waals surface area contributed by atoms with Gasteiger partial charge < -0.3 is 0 Å². The van der Waals surface area contributed by atoms with Gasteiger partial charge in [0.25, 0.3) is 0 Å². The van der Waals surface area contributed by atoms with E-state index in [1.54, 1.807) is 0 Å². The van der Waals surface area contributed by atoms with Crippen LogP contribution in [0.15, 0.2) is 84.9 Å². The summed E-state index contributed by atoms with van der Waals surface area (Å²) in [5.41, 5.74) is 1.90. The van der Waals surface area contributed by atoms with Gasteiger partial charge in [-0.25, -0.2) is 0 Å². The Bertz CT molecular complexity index is 683. The molecule has 0 nitrogen and oxygen atoms in total. The second-order valence-electron chi connectivity index (χ2n) is 5.35. The van der Waals surface area contributed by atoms with E-state index in [1.165, 1.54) is 21.5 Å². The molecule has 0 aromatic heterocycles. The highest BCUT2D eigenvalue weighted by atomic mass is 31.1. The maximum atomic E-state index is 2.89. The van der Waals surface area contributed by atoms with Crippen LogP contribution in [0.3, 0.4) is 0 Å². The van der Waals surface area contributed by atoms with E-state index in [9.17, 15) is 0 Å². The van der Waals surface area contributed by atoms with E-state index in [0.717, 1.165) is 0 Å². The zero-order chi connectivity index (χ0) is 15.4. The van der Waals surface area contributed by atoms with Crippen LogP contribution in [0.2, 0.25) is 0 Å². The monoisotopic (exact) mass is 322 g/mol. The van der Waals surface area contributed by atoms with Crippen molar-refractivity contribution in [2.45, 2.75) is 12.6 Å². The normalized spacial score (nSPS) is 12.3. The fourth-order valence-corrected chi connectivity index (χ4v) is 6.09. The van der Waals surface area contributed by atoms with E-state index < -0.39 is 7.92 Å². The van der Waals surface area contributed by atoms with Gasteiger partial charge in [-0.1, -0.05) is 91.9 Å². The SMILES string of the molecule is CC(c1ccccc1P)P(c1ccccc1)c1ccccc1. The predicted octanol–water partition coefficient (Wildman–Crippen LogP) is 4.38. The van der Waals surface area contributed by atoms with Crippen LogP contribution >= 0.6 is 17.2 Å². The van der Waals surface area contributed by atoms with Crippen molar-refractivity contribution in [1.82, 2.24) is 0 Å². The highest BCUT2D eigenvalue weighted by Crippen LogP contribution is 2.48. The maximum absolute atomic E-state index is 2.89. The molecule has 0 amide bonds. The molecule has 0 saturated carbocycles. The molecule has 0 aliphatic rings. The lowest BCUT2D eigenvalue weighted by Crippen LogP contribution is -2.18. The Kier molecular flexibility index (Phi) is 5.04. The lowest BCUT2D eigenvalue weighted by molar-refractivity contribution is 1.10. The molecular weight excluding hydrogens is 302 g/mol. The Hall–Kier alpha value is -1.48. The van der Waals surface area contributed by atoms with Gasteiger partial charge in [0.15, 0.2) is 0 Å². The Morgan fingerprint density at radius 1 is 0.682 bits per heavy atom. The molecule has 3 aromatic carbocycles. The van der Waals surface area contributed by atoms with Gasteiger partial charge in [0.05, 0.1) is 0 Å². The van der Waals surface area contributed by atoms with E-state index in [1.807, 2.05) is 0 Å². The second kappa shape index (κ2) is 7.19. The fourth-order valence-electron chi connectivity index (χ4n) is 2.80. The Morgan fingerprint density at radius 2 is 1.14 bits per heavy atom. The summed E-state index contributed by atoms with van der Waals surface area (Å²) in [6.45, 7) is 2.36. The van der Waals surface area contributed by atoms with Gasteiger partial charge >= 0.3 is 0 Å². The summed E-state index contributed by atoms with van der Waals surface area (Å²) in [6.07, 6.45) is 0. The van der Waals surface area contributed by atoms with E-state index in [4.69, 9.17) is 0 Å². The van der Waals surface area contributed by atoms with Crippen molar-refractivity contribution in [2.24, 2.45) is 0 Å². The highest BCUT2D eigenvalue weighted by molar-refractivity contribution is 7.73. The first-order valence-corrected chi connectivity index (χ1v) is 9.50. The summed E-state index contributed by atoms with van der Waals surface area (Å²) in [6, 6.07) is 30.5. The third kappa shape index (κ3) is 3.30. The molecule has 0 heterocycles. The van der Waals surface area contributed by atoms with E-state index in [0.29, 0.717) is 5.66 Å². The summed E-state index contributed by atoms with van der Waals surface area (Å²) in [4.78, 5) is 0. The van der Waals surface area contributed by atoms with Crippen LogP contribution in [0.5, 0.6) is 0 Å². The molecule has 0 N–H and O–H groups in total. The third-order valence-corrected chi connectivity index (χ3v) is 7.19. The van der Waals surface area contributed by atoms with Crippen LogP contribution in [-0.2, 0) is 0 Å². The predicted molar refractivity (Wildman–Crippen MR) is 103 cm³/mol. The number of benzene rings is 3. The third-order valence-electron chi connectivity index (χ3n) is 3.90. The summed E-state index contributed by atoms with van der Waals surface area (Å²) >= 11 is 0. The molecule has 3 rings (SSSR count). The first-order valence-electron chi connectivity index (χ1n) is 7.51. The molecule has 0 spiro atoms. The lowest BCUT2D eigenvalue weighted by Gasteiger charge is -2.27. The van der Waals surface area contributed by atoms with Crippen molar-refractivity contribution in [2.75, 3.05) is 0 Å². The van der Waals surface area contributed by atoms with Gasteiger partial charge in [0.1, 0.15) is 0 Å². The molecule has 110 valence electrons. The number of rotatable bonds is 4. The highest BCUT2D eigenvalue weighted by Gasteiger charge is 2.23. The summed E-state index contributed by atoms with van der Waals surface area (Å²) in [5, 5.41) is 4.17. The number of hydrogen-bond donors (Lipinski definition) is 0. The largest absolute Gasteiger partial charge is 0.105 e. The number of hydrogen-bond acceptors (Lipinski definition) is 0.